The van der Waals surface area contributed by atoms with E-state index in [1.54, 1.807) is 37.6 Å². The molecule has 1 aromatic heterocycles. The Morgan fingerprint density at radius 1 is 1.15 bits per heavy atom. The molecule has 0 unspecified atom stereocenters. The topological polar surface area (TPSA) is 55.6 Å². The molecule has 6 heteroatoms. The number of benzene rings is 2. The SMILES string of the molecule is COc1ccc(C(=O)N/N=C\c2cc(C)n(-c3cccc(Br)c3)c2C)cc1. The second-order valence-corrected chi connectivity index (χ2v) is 6.99. The number of nitrogens with zero attached hydrogens (tertiary/aromatic N) is 2. The first-order chi connectivity index (χ1) is 13.0. The Morgan fingerprint density at radius 2 is 1.89 bits per heavy atom. The number of aryl methyl sites for hydroxylation is 1. The summed E-state index contributed by atoms with van der Waals surface area (Å²) < 4.78 is 8.26. The standard InChI is InChI=1S/C21H20BrN3O2/c1-14-11-17(15(2)25(14)19-6-4-5-18(22)12-19)13-23-24-21(26)16-7-9-20(27-3)10-8-16/h4-13H,1-3H3,(H,24,26)/b23-13-. The van der Waals surface area contributed by atoms with Gasteiger partial charge in [0, 0.05) is 32.7 Å². The van der Waals surface area contributed by atoms with E-state index in [1.165, 1.54) is 0 Å². The molecule has 0 saturated carbocycles. The van der Waals surface area contributed by atoms with Crippen molar-refractivity contribution in [2.24, 2.45) is 5.10 Å². The smallest absolute Gasteiger partial charge is 0.271 e. The van der Waals surface area contributed by atoms with E-state index < -0.39 is 0 Å². The first-order valence-electron chi connectivity index (χ1n) is 8.42. The molecule has 138 valence electrons. The van der Waals surface area contributed by atoms with Gasteiger partial charge in [0.05, 0.1) is 13.3 Å². The molecular formula is C21H20BrN3O2. The Hall–Kier alpha value is -2.86. The number of carbonyl (C=O) groups excluding carboxylic acids is 1. The number of ether oxygens (including phenoxy) is 1. The Kier molecular flexibility index (Phi) is 5.76. The zero-order chi connectivity index (χ0) is 19.4. The van der Waals surface area contributed by atoms with E-state index in [0.717, 1.165) is 27.1 Å². The molecule has 0 saturated heterocycles. The highest BCUT2D eigenvalue weighted by atomic mass is 79.9. The molecular weight excluding hydrogens is 406 g/mol. The van der Waals surface area contributed by atoms with Crippen molar-refractivity contribution < 1.29 is 9.53 Å². The molecule has 5 nitrogen and oxygen atoms in total. The lowest BCUT2D eigenvalue weighted by Gasteiger charge is -2.09. The molecule has 0 radical (unpaired) electrons. The number of hydrogen-bond acceptors (Lipinski definition) is 3. The average molecular weight is 426 g/mol. The van der Waals surface area contributed by atoms with Gasteiger partial charge < -0.3 is 9.30 Å². The van der Waals surface area contributed by atoms with Gasteiger partial charge in [0.15, 0.2) is 0 Å². The lowest BCUT2D eigenvalue weighted by Crippen LogP contribution is -2.17. The minimum atomic E-state index is -0.269. The summed E-state index contributed by atoms with van der Waals surface area (Å²) in [5.74, 6) is 0.435. The van der Waals surface area contributed by atoms with Crippen LogP contribution in [0.1, 0.15) is 27.3 Å². The van der Waals surface area contributed by atoms with Crippen LogP contribution < -0.4 is 10.2 Å². The van der Waals surface area contributed by atoms with Crippen molar-refractivity contribution in [3.05, 3.63) is 81.6 Å². The summed E-state index contributed by atoms with van der Waals surface area (Å²) in [6, 6.07) is 17.0. The second kappa shape index (κ2) is 8.22. The summed E-state index contributed by atoms with van der Waals surface area (Å²) in [7, 11) is 1.59. The van der Waals surface area contributed by atoms with Crippen LogP contribution in [-0.4, -0.2) is 23.8 Å². The molecule has 0 fully saturated rings. The molecule has 27 heavy (non-hydrogen) atoms. The largest absolute Gasteiger partial charge is 0.497 e. The Bertz CT molecular complexity index is 991. The number of halogens is 1. The number of aromatic nitrogens is 1. The van der Waals surface area contributed by atoms with E-state index >= 15 is 0 Å². The third-order valence-electron chi connectivity index (χ3n) is 4.26. The first-order valence-corrected chi connectivity index (χ1v) is 9.21. The quantitative estimate of drug-likeness (QED) is 0.478. The van der Waals surface area contributed by atoms with Gasteiger partial charge in [-0.25, -0.2) is 5.43 Å². The fourth-order valence-corrected chi connectivity index (χ4v) is 3.29. The summed E-state index contributed by atoms with van der Waals surface area (Å²) >= 11 is 3.51. The zero-order valence-electron chi connectivity index (χ0n) is 15.4. The number of hydrazone groups is 1. The number of nitrogens with one attached hydrogen (secondary N) is 1. The highest BCUT2D eigenvalue weighted by Crippen LogP contribution is 2.22. The van der Waals surface area contributed by atoms with Gasteiger partial charge in [0.25, 0.3) is 5.91 Å². The van der Waals surface area contributed by atoms with Crippen LogP contribution in [0.5, 0.6) is 5.75 Å². The molecule has 1 N–H and O–H groups in total. The monoisotopic (exact) mass is 425 g/mol. The van der Waals surface area contributed by atoms with E-state index in [1.807, 2.05) is 32.0 Å². The van der Waals surface area contributed by atoms with Crippen LogP contribution >= 0.6 is 15.9 Å². The molecule has 2 aromatic carbocycles. The fraction of sp³-hybridized carbons (Fsp3) is 0.143. The lowest BCUT2D eigenvalue weighted by atomic mass is 10.2. The third-order valence-corrected chi connectivity index (χ3v) is 4.75. The van der Waals surface area contributed by atoms with Crippen LogP contribution in [0.3, 0.4) is 0 Å². The van der Waals surface area contributed by atoms with Gasteiger partial charge in [-0.05, 0) is 62.4 Å². The summed E-state index contributed by atoms with van der Waals surface area (Å²) in [4.78, 5) is 12.2. The van der Waals surface area contributed by atoms with Gasteiger partial charge in [0.1, 0.15) is 5.75 Å². The minimum Gasteiger partial charge on any atom is -0.497 e. The van der Waals surface area contributed by atoms with E-state index in [0.29, 0.717) is 11.3 Å². The highest BCUT2D eigenvalue weighted by Gasteiger charge is 2.10. The highest BCUT2D eigenvalue weighted by molar-refractivity contribution is 9.10. The van der Waals surface area contributed by atoms with Crippen molar-refractivity contribution in [1.29, 1.82) is 0 Å². The summed E-state index contributed by atoms with van der Waals surface area (Å²) in [6.45, 7) is 4.07. The van der Waals surface area contributed by atoms with Gasteiger partial charge in [0.2, 0.25) is 0 Å². The van der Waals surface area contributed by atoms with Gasteiger partial charge in [-0.1, -0.05) is 22.0 Å². The molecule has 0 aliphatic heterocycles. The van der Waals surface area contributed by atoms with E-state index in [-0.39, 0.29) is 5.91 Å². The number of carbonyl (C=O) groups is 1. The zero-order valence-corrected chi connectivity index (χ0v) is 16.9. The van der Waals surface area contributed by atoms with Crippen LogP contribution in [0.25, 0.3) is 5.69 Å². The molecule has 1 amide bonds. The predicted octanol–water partition coefficient (Wildman–Crippen LogP) is 4.63. The van der Waals surface area contributed by atoms with Crippen molar-refractivity contribution in [3.8, 4) is 11.4 Å². The van der Waals surface area contributed by atoms with Crippen LogP contribution in [0.15, 0.2) is 64.2 Å². The fourth-order valence-electron chi connectivity index (χ4n) is 2.90. The number of methoxy groups -OCH3 is 1. The predicted molar refractivity (Wildman–Crippen MR) is 111 cm³/mol. The van der Waals surface area contributed by atoms with Gasteiger partial charge in [-0.15, -0.1) is 0 Å². The Labute approximate surface area is 166 Å². The van der Waals surface area contributed by atoms with Gasteiger partial charge in [-0.2, -0.15) is 5.10 Å². The normalized spacial score (nSPS) is 11.0. The van der Waals surface area contributed by atoms with Crippen molar-refractivity contribution in [2.45, 2.75) is 13.8 Å². The van der Waals surface area contributed by atoms with Gasteiger partial charge in [-0.3, -0.25) is 4.79 Å². The van der Waals surface area contributed by atoms with E-state index in [9.17, 15) is 4.79 Å². The number of hydrogen-bond donors (Lipinski definition) is 1. The van der Waals surface area contributed by atoms with E-state index in [4.69, 9.17) is 4.74 Å². The summed E-state index contributed by atoms with van der Waals surface area (Å²) in [6.07, 6.45) is 1.66. The first kappa shape index (κ1) is 18.9. The molecule has 0 aliphatic carbocycles. The molecule has 3 aromatic rings. The second-order valence-electron chi connectivity index (χ2n) is 6.07. The summed E-state index contributed by atoms with van der Waals surface area (Å²) in [5.41, 5.74) is 7.24. The van der Waals surface area contributed by atoms with Crippen molar-refractivity contribution in [3.63, 3.8) is 0 Å². The molecule has 0 bridgehead atoms. The summed E-state index contributed by atoms with van der Waals surface area (Å²) in [5, 5.41) is 4.11. The lowest BCUT2D eigenvalue weighted by molar-refractivity contribution is 0.0955. The minimum absolute atomic E-state index is 0.269. The molecule has 3 rings (SSSR count). The maximum atomic E-state index is 12.2. The van der Waals surface area contributed by atoms with Gasteiger partial charge >= 0.3 is 0 Å². The van der Waals surface area contributed by atoms with E-state index in [2.05, 4.69) is 43.2 Å². The Balaban J connectivity index is 1.75. The Morgan fingerprint density at radius 3 is 2.56 bits per heavy atom. The van der Waals surface area contributed by atoms with Crippen LogP contribution in [0, 0.1) is 13.8 Å². The molecule has 0 aliphatic rings. The number of amides is 1. The third kappa shape index (κ3) is 4.28. The van der Waals surface area contributed by atoms with Crippen molar-refractivity contribution in [1.82, 2.24) is 9.99 Å². The van der Waals surface area contributed by atoms with Crippen molar-refractivity contribution >= 4 is 28.1 Å². The number of rotatable bonds is 5. The van der Waals surface area contributed by atoms with Crippen LogP contribution in [0.2, 0.25) is 0 Å². The molecule has 0 atom stereocenters. The molecule has 0 spiro atoms. The average Bonchev–Trinajstić information content (AvgIpc) is 2.95. The maximum absolute atomic E-state index is 12.2. The van der Waals surface area contributed by atoms with Crippen LogP contribution in [0.4, 0.5) is 0 Å². The van der Waals surface area contributed by atoms with Crippen LogP contribution in [-0.2, 0) is 0 Å². The maximum Gasteiger partial charge on any atom is 0.271 e. The van der Waals surface area contributed by atoms with Crippen molar-refractivity contribution in [2.75, 3.05) is 7.11 Å². The molecule has 1 heterocycles.